The molecule has 0 aliphatic heterocycles. The second-order valence-corrected chi connectivity index (χ2v) is 15.1. The summed E-state index contributed by atoms with van der Waals surface area (Å²) in [7, 11) is 0. The smallest absolute Gasteiger partial charge is 0.164 e. The summed E-state index contributed by atoms with van der Waals surface area (Å²) in [6.45, 7) is 0. The maximum atomic E-state index is 5.26. The van der Waals surface area contributed by atoms with E-state index < -0.39 is 5.41 Å². The van der Waals surface area contributed by atoms with Crippen LogP contribution in [-0.2, 0) is 5.41 Å². The van der Waals surface area contributed by atoms with Crippen LogP contribution in [0.1, 0.15) is 22.3 Å². The van der Waals surface area contributed by atoms with Gasteiger partial charge in [-0.25, -0.2) is 15.0 Å². The average molecular weight is 724 g/mol. The molecule has 1 aromatic heterocycles. The minimum absolute atomic E-state index is 0.401. The normalized spacial score (nSPS) is 13.1. The molecule has 0 unspecified atom stereocenters. The zero-order chi connectivity index (χ0) is 37.5. The van der Waals surface area contributed by atoms with E-state index in [9.17, 15) is 0 Å². The van der Waals surface area contributed by atoms with E-state index in [4.69, 9.17) is 15.0 Å². The van der Waals surface area contributed by atoms with Crippen molar-refractivity contribution in [3.63, 3.8) is 0 Å². The number of hydrogen-bond acceptors (Lipinski definition) is 3. The third-order valence-corrected chi connectivity index (χ3v) is 12.1. The molecule has 264 valence electrons. The summed E-state index contributed by atoms with van der Waals surface area (Å²) in [4.78, 5) is 15.7. The summed E-state index contributed by atoms with van der Waals surface area (Å²) < 4.78 is 0. The van der Waals surface area contributed by atoms with E-state index in [0.29, 0.717) is 17.5 Å². The SMILES string of the molecule is c1cc(-c2nc(-c3cccc4ccccc34)nc(-c3cccc4ccccc34)n2)cc(-c2cccc3c2-c2ccccc2C32c3ccccc3-c3ccccc32)c1. The lowest BCUT2D eigenvalue weighted by Crippen LogP contribution is -2.25. The number of hydrogen-bond donors (Lipinski definition) is 0. The van der Waals surface area contributed by atoms with Gasteiger partial charge in [0.25, 0.3) is 0 Å². The summed E-state index contributed by atoms with van der Waals surface area (Å²) in [6.07, 6.45) is 0. The van der Waals surface area contributed by atoms with E-state index in [-0.39, 0.29) is 0 Å². The van der Waals surface area contributed by atoms with E-state index >= 15 is 0 Å². The highest BCUT2D eigenvalue weighted by atomic mass is 15.0. The first-order chi connectivity index (χ1) is 28.3. The maximum absolute atomic E-state index is 5.26. The fourth-order valence-corrected chi connectivity index (χ4v) is 9.80. The molecule has 9 aromatic carbocycles. The van der Waals surface area contributed by atoms with Crippen LogP contribution in [0.2, 0.25) is 0 Å². The van der Waals surface area contributed by atoms with Gasteiger partial charge in [0.05, 0.1) is 5.41 Å². The molecule has 0 saturated heterocycles. The van der Waals surface area contributed by atoms with Gasteiger partial charge in [-0.1, -0.05) is 194 Å². The number of aromatic nitrogens is 3. The second-order valence-electron chi connectivity index (χ2n) is 15.1. The zero-order valence-electron chi connectivity index (χ0n) is 30.9. The third-order valence-electron chi connectivity index (χ3n) is 12.1. The molecule has 1 spiro atoms. The molecular formula is C54H33N3. The van der Waals surface area contributed by atoms with Crippen molar-refractivity contribution >= 4 is 21.5 Å². The summed E-state index contributed by atoms with van der Waals surface area (Å²) in [5.74, 6) is 1.95. The van der Waals surface area contributed by atoms with Gasteiger partial charge in [-0.15, -0.1) is 0 Å². The van der Waals surface area contributed by atoms with Crippen molar-refractivity contribution in [2.24, 2.45) is 0 Å². The van der Waals surface area contributed by atoms with Gasteiger partial charge in [0, 0.05) is 16.7 Å². The molecular weight excluding hydrogens is 691 g/mol. The van der Waals surface area contributed by atoms with E-state index in [2.05, 4.69) is 200 Å². The molecule has 3 nitrogen and oxygen atoms in total. The van der Waals surface area contributed by atoms with Gasteiger partial charge in [0.1, 0.15) is 0 Å². The van der Waals surface area contributed by atoms with Gasteiger partial charge in [-0.3, -0.25) is 0 Å². The number of benzene rings is 9. The fraction of sp³-hybridized carbons (Fsp3) is 0.0185. The van der Waals surface area contributed by atoms with E-state index in [1.54, 1.807) is 0 Å². The van der Waals surface area contributed by atoms with E-state index in [0.717, 1.165) is 43.8 Å². The van der Waals surface area contributed by atoms with Gasteiger partial charge in [-0.05, 0) is 83.2 Å². The van der Waals surface area contributed by atoms with Gasteiger partial charge < -0.3 is 0 Å². The molecule has 2 aliphatic rings. The van der Waals surface area contributed by atoms with Crippen molar-refractivity contribution in [1.29, 1.82) is 0 Å². The highest BCUT2D eigenvalue weighted by Gasteiger charge is 2.51. The topological polar surface area (TPSA) is 38.7 Å². The largest absolute Gasteiger partial charge is 0.208 e. The Morgan fingerprint density at radius 1 is 0.281 bits per heavy atom. The van der Waals surface area contributed by atoms with Crippen LogP contribution in [0.25, 0.3) is 89.1 Å². The van der Waals surface area contributed by atoms with Crippen LogP contribution in [0.15, 0.2) is 200 Å². The van der Waals surface area contributed by atoms with Crippen molar-refractivity contribution in [1.82, 2.24) is 15.0 Å². The van der Waals surface area contributed by atoms with Gasteiger partial charge >= 0.3 is 0 Å². The van der Waals surface area contributed by atoms with Crippen molar-refractivity contribution in [3.05, 3.63) is 222 Å². The molecule has 10 aromatic rings. The first-order valence-corrected chi connectivity index (χ1v) is 19.5. The summed E-state index contributed by atoms with van der Waals surface area (Å²) in [6, 6.07) is 72.1. The van der Waals surface area contributed by atoms with E-state index in [1.807, 2.05) is 0 Å². The Morgan fingerprint density at radius 2 is 0.684 bits per heavy atom. The molecule has 0 radical (unpaired) electrons. The van der Waals surface area contributed by atoms with Crippen molar-refractivity contribution < 1.29 is 0 Å². The van der Waals surface area contributed by atoms with Crippen LogP contribution in [0, 0.1) is 0 Å². The molecule has 3 heteroatoms. The highest BCUT2D eigenvalue weighted by Crippen LogP contribution is 2.63. The fourth-order valence-electron chi connectivity index (χ4n) is 9.80. The third kappa shape index (κ3) is 4.57. The number of nitrogens with zero attached hydrogens (tertiary/aromatic N) is 3. The summed E-state index contributed by atoms with van der Waals surface area (Å²) in [5, 5.41) is 4.51. The van der Waals surface area contributed by atoms with Crippen LogP contribution in [-0.4, -0.2) is 15.0 Å². The summed E-state index contributed by atoms with van der Waals surface area (Å²) in [5.41, 5.74) is 15.3. The van der Waals surface area contributed by atoms with Gasteiger partial charge in [0.2, 0.25) is 0 Å². The Balaban J connectivity index is 1.08. The molecule has 0 amide bonds. The van der Waals surface area contributed by atoms with Crippen LogP contribution in [0.4, 0.5) is 0 Å². The first-order valence-electron chi connectivity index (χ1n) is 19.5. The Bertz CT molecular complexity index is 3110. The minimum atomic E-state index is -0.401. The first kappa shape index (κ1) is 31.8. The van der Waals surface area contributed by atoms with Crippen LogP contribution in [0.3, 0.4) is 0 Å². The zero-order valence-corrected chi connectivity index (χ0v) is 30.9. The number of fused-ring (bicyclic) bond motifs is 12. The quantitative estimate of drug-likeness (QED) is 0.181. The average Bonchev–Trinajstić information content (AvgIpc) is 3.76. The standard InChI is InChI=1S/C54H33N3/c1-3-21-38-34(15-1)17-12-27-43(38)52-55-51(56-53(57-52)44-28-13-18-35-16-2-4-22-39(35)44)37-20-11-19-36(33-37)40-26-14-32-49-50(40)45-25-7-10-31-48(45)54(49)46-29-8-5-23-41(46)42-24-6-9-30-47(42)54/h1-33H. The predicted molar refractivity (Wildman–Crippen MR) is 233 cm³/mol. The molecule has 1 heterocycles. The lowest BCUT2D eigenvalue weighted by atomic mass is 9.70. The molecule has 0 fully saturated rings. The lowest BCUT2D eigenvalue weighted by Gasteiger charge is -2.30. The second kappa shape index (κ2) is 12.3. The molecule has 57 heavy (non-hydrogen) atoms. The molecule has 2 aliphatic carbocycles. The van der Waals surface area contributed by atoms with Crippen molar-refractivity contribution in [3.8, 4) is 67.5 Å². The lowest BCUT2D eigenvalue weighted by molar-refractivity contribution is 0.794. The molecule has 0 atom stereocenters. The highest BCUT2D eigenvalue weighted by molar-refractivity contribution is 6.01. The van der Waals surface area contributed by atoms with Crippen molar-refractivity contribution in [2.45, 2.75) is 5.41 Å². The van der Waals surface area contributed by atoms with E-state index in [1.165, 1.54) is 50.1 Å². The maximum Gasteiger partial charge on any atom is 0.164 e. The Kier molecular flexibility index (Phi) is 6.84. The van der Waals surface area contributed by atoms with Gasteiger partial charge in [0.15, 0.2) is 17.5 Å². The minimum Gasteiger partial charge on any atom is -0.208 e. The Hall–Kier alpha value is -7.49. The van der Waals surface area contributed by atoms with Crippen LogP contribution >= 0.6 is 0 Å². The van der Waals surface area contributed by atoms with Crippen molar-refractivity contribution in [2.75, 3.05) is 0 Å². The molecule has 0 N–H and O–H groups in total. The summed E-state index contributed by atoms with van der Waals surface area (Å²) >= 11 is 0. The number of rotatable bonds is 4. The molecule has 0 bridgehead atoms. The van der Waals surface area contributed by atoms with Gasteiger partial charge in [-0.2, -0.15) is 0 Å². The predicted octanol–water partition coefficient (Wildman–Crippen LogP) is 13.2. The molecule has 0 saturated carbocycles. The van der Waals surface area contributed by atoms with Crippen LogP contribution in [0.5, 0.6) is 0 Å². The Labute approximate surface area is 330 Å². The monoisotopic (exact) mass is 723 g/mol. The molecule has 12 rings (SSSR count). The Morgan fingerprint density at radius 3 is 1.32 bits per heavy atom. The van der Waals surface area contributed by atoms with Crippen LogP contribution < -0.4 is 0 Å².